The molecule has 0 saturated carbocycles. The van der Waals surface area contributed by atoms with E-state index in [2.05, 4.69) is 44.6 Å². The van der Waals surface area contributed by atoms with Crippen LogP contribution in [0.15, 0.2) is 12.7 Å². The summed E-state index contributed by atoms with van der Waals surface area (Å²) >= 11 is 0. The van der Waals surface area contributed by atoms with Crippen LogP contribution in [0.2, 0.25) is 0 Å². The van der Waals surface area contributed by atoms with Crippen molar-refractivity contribution in [2.75, 3.05) is 33.2 Å². The van der Waals surface area contributed by atoms with E-state index in [0.717, 1.165) is 31.5 Å². The Balaban J connectivity index is 3.53. The molecule has 0 heterocycles. The Labute approximate surface area is 121 Å². The van der Waals surface area contributed by atoms with Gasteiger partial charge in [0.2, 0.25) is 0 Å². The minimum atomic E-state index is 0.898. The maximum Gasteiger partial charge on any atom is 0.0158 e. The summed E-state index contributed by atoms with van der Waals surface area (Å²) in [5.41, 5.74) is 0. The van der Waals surface area contributed by atoms with Crippen molar-refractivity contribution < 1.29 is 0 Å². The molecule has 0 aromatic rings. The van der Waals surface area contributed by atoms with Gasteiger partial charge in [-0.3, -0.25) is 0 Å². The van der Waals surface area contributed by atoms with Crippen LogP contribution in [0.25, 0.3) is 0 Å². The SMILES string of the molecule is C=CCN(C)CCNCCC(CC)CCC(C)CC. The summed E-state index contributed by atoms with van der Waals surface area (Å²) < 4.78 is 0. The first-order valence-electron chi connectivity index (χ1n) is 8.14. The number of nitrogens with zero attached hydrogens (tertiary/aromatic N) is 1. The molecule has 0 aliphatic rings. The van der Waals surface area contributed by atoms with Crippen molar-refractivity contribution in [2.24, 2.45) is 11.8 Å². The van der Waals surface area contributed by atoms with Crippen LogP contribution >= 0.6 is 0 Å². The minimum absolute atomic E-state index is 0.898. The quantitative estimate of drug-likeness (QED) is 0.402. The van der Waals surface area contributed by atoms with E-state index >= 15 is 0 Å². The van der Waals surface area contributed by atoms with Gasteiger partial charge in [-0.1, -0.05) is 52.5 Å². The lowest BCUT2D eigenvalue weighted by Gasteiger charge is -2.18. The summed E-state index contributed by atoms with van der Waals surface area (Å²) in [5, 5.41) is 3.57. The molecule has 0 bridgehead atoms. The molecule has 114 valence electrons. The summed E-state index contributed by atoms with van der Waals surface area (Å²) in [4.78, 5) is 2.29. The molecule has 19 heavy (non-hydrogen) atoms. The first-order chi connectivity index (χ1) is 9.13. The molecule has 0 saturated heterocycles. The zero-order chi connectivity index (χ0) is 14.5. The minimum Gasteiger partial charge on any atom is -0.315 e. The van der Waals surface area contributed by atoms with E-state index in [1.165, 1.54) is 38.6 Å². The third kappa shape index (κ3) is 11.2. The normalized spacial score (nSPS) is 14.6. The number of likely N-dealkylation sites (N-methyl/N-ethyl adjacent to an activating group) is 1. The highest BCUT2D eigenvalue weighted by Crippen LogP contribution is 2.19. The van der Waals surface area contributed by atoms with E-state index in [1.54, 1.807) is 0 Å². The summed E-state index contributed by atoms with van der Waals surface area (Å²) in [6.45, 7) is 15.1. The Morgan fingerprint density at radius 2 is 1.84 bits per heavy atom. The molecule has 0 aromatic carbocycles. The van der Waals surface area contributed by atoms with Crippen molar-refractivity contribution in [1.29, 1.82) is 0 Å². The van der Waals surface area contributed by atoms with Gasteiger partial charge >= 0.3 is 0 Å². The van der Waals surface area contributed by atoms with E-state index in [0.29, 0.717) is 0 Å². The maximum atomic E-state index is 3.76. The number of hydrogen-bond donors (Lipinski definition) is 1. The lowest BCUT2D eigenvalue weighted by Crippen LogP contribution is -2.30. The molecule has 2 atom stereocenters. The molecule has 0 fully saturated rings. The predicted octanol–water partition coefficient (Wildman–Crippen LogP) is 3.94. The summed E-state index contributed by atoms with van der Waals surface area (Å²) in [6, 6.07) is 0. The van der Waals surface area contributed by atoms with Crippen molar-refractivity contribution in [3.05, 3.63) is 12.7 Å². The van der Waals surface area contributed by atoms with E-state index in [1.807, 2.05) is 6.08 Å². The fourth-order valence-electron chi connectivity index (χ4n) is 2.29. The Bertz CT molecular complexity index is 203. The van der Waals surface area contributed by atoms with Gasteiger partial charge < -0.3 is 10.2 Å². The van der Waals surface area contributed by atoms with Gasteiger partial charge in [0.15, 0.2) is 0 Å². The number of hydrogen-bond acceptors (Lipinski definition) is 2. The van der Waals surface area contributed by atoms with Crippen LogP contribution in [-0.2, 0) is 0 Å². The Hall–Kier alpha value is -0.340. The van der Waals surface area contributed by atoms with E-state index in [4.69, 9.17) is 0 Å². The molecular formula is C17H36N2. The van der Waals surface area contributed by atoms with Crippen molar-refractivity contribution >= 4 is 0 Å². The van der Waals surface area contributed by atoms with Crippen LogP contribution in [0.5, 0.6) is 0 Å². The fraction of sp³-hybridized carbons (Fsp3) is 0.882. The second-order valence-corrected chi connectivity index (χ2v) is 5.95. The van der Waals surface area contributed by atoms with Gasteiger partial charge in [0.1, 0.15) is 0 Å². The Kier molecular flexibility index (Phi) is 12.5. The third-order valence-electron chi connectivity index (χ3n) is 4.18. The van der Waals surface area contributed by atoms with Crippen LogP contribution in [0.3, 0.4) is 0 Å². The highest BCUT2D eigenvalue weighted by atomic mass is 15.1. The van der Waals surface area contributed by atoms with Gasteiger partial charge in [-0.2, -0.15) is 0 Å². The molecule has 2 heteroatoms. The summed E-state index contributed by atoms with van der Waals surface area (Å²) in [5.74, 6) is 1.81. The second-order valence-electron chi connectivity index (χ2n) is 5.95. The van der Waals surface area contributed by atoms with Crippen molar-refractivity contribution in [3.8, 4) is 0 Å². The fourth-order valence-corrected chi connectivity index (χ4v) is 2.29. The predicted molar refractivity (Wildman–Crippen MR) is 87.7 cm³/mol. The van der Waals surface area contributed by atoms with E-state index in [-0.39, 0.29) is 0 Å². The van der Waals surface area contributed by atoms with E-state index < -0.39 is 0 Å². The number of nitrogens with one attached hydrogen (secondary N) is 1. The first kappa shape index (κ1) is 18.7. The third-order valence-corrected chi connectivity index (χ3v) is 4.18. The molecule has 2 nitrogen and oxygen atoms in total. The van der Waals surface area contributed by atoms with Crippen LogP contribution in [0.4, 0.5) is 0 Å². The van der Waals surface area contributed by atoms with Gasteiger partial charge in [-0.05, 0) is 31.8 Å². The highest BCUT2D eigenvalue weighted by Gasteiger charge is 2.08. The average Bonchev–Trinajstić information content (AvgIpc) is 2.41. The summed E-state index contributed by atoms with van der Waals surface area (Å²) in [7, 11) is 2.14. The monoisotopic (exact) mass is 268 g/mol. The van der Waals surface area contributed by atoms with Gasteiger partial charge in [0.25, 0.3) is 0 Å². The molecule has 0 rings (SSSR count). The first-order valence-corrected chi connectivity index (χ1v) is 8.14. The molecule has 1 N–H and O–H groups in total. The van der Waals surface area contributed by atoms with Gasteiger partial charge in [-0.25, -0.2) is 0 Å². The topological polar surface area (TPSA) is 15.3 Å². The second kappa shape index (κ2) is 12.7. The van der Waals surface area contributed by atoms with Crippen LogP contribution in [0.1, 0.15) is 52.9 Å². The van der Waals surface area contributed by atoms with Crippen molar-refractivity contribution in [2.45, 2.75) is 52.9 Å². The van der Waals surface area contributed by atoms with Gasteiger partial charge in [0, 0.05) is 19.6 Å². The van der Waals surface area contributed by atoms with Crippen molar-refractivity contribution in [3.63, 3.8) is 0 Å². The molecule has 0 aliphatic carbocycles. The average molecular weight is 268 g/mol. The van der Waals surface area contributed by atoms with Crippen LogP contribution in [-0.4, -0.2) is 38.1 Å². The molecule has 0 amide bonds. The largest absolute Gasteiger partial charge is 0.315 e. The standard InChI is InChI=1S/C17H36N2/c1-6-14-19(5)15-13-18-12-11-17(8-3)10-9-16(4)7-2/h6,16-18H,1,7-15H2,2-5H3. The van der Waals surface area contributed by atoms with Crippen LogP contribution in [0, 0.1) is 11.8 Å². The summed E-state index contributed by atoms with van der Waals surface area (Å²) in [6.07, 6.45) is 8.75. The van der Waals surface area contributed by atoms with E-state index in [9.17, 15) is 0 Å². The lowest BCUT2D eigenvalue weighted by atomic mass is 9.91. The maximum absolute atomic E-state index is 3.76. The molecule has 0 radical (unpaired) electrons. The molecule has 2 unspecified atom stereocenters. The molecular weight excluding hydrogens is 232 g/mol. The molecule has 0 spiro atoms. The molecule has 0 aliphatic heterocycles. The van der Waals surface area contributed by atoms with Crippen LogP contribution < -0.4 is 5.32 Å². The zero-order valence-electron chi connectivity index (χ0n) is 13.8. The lowest BCUT2D eigenvalue weighted by molar-refractivity contribution is 0.347. The Morgan fingerprint density at radius 1 is 1.11 bits per heavy atom. The van der Waals surface area contributed by atoms with Crippen molar-refractivity contribution in [1.82, 2.24) is 10.2 Å². The Morgan fingerprint density at radius 3 is 2.42 bits per heavy atom. The number of rotatable bonds is 13. The highest BCUT2D eigenvalue weighted by molar-refractivity contribution is 4.71. The van der Waals surface area contributed by atoms with Gasteiger partial charge in [0.05, 0.1) is 0 Å². The van der Waals surface area contributed by atoms with Gasteiger partial charge in [-0.15, -0.1) is 6.58 Å². The zero-order valence-corrected chi connectivity index (χ0v) is 13.8. The smallest absolute Gasteiger partial charge is 0.0158 e. The molecule has 0 aromatic heterocycles.